The van der Waals surface area contributed by atoms with Gasteiger partial charge in [-0.2, -0.15) is 0 Å². The quantitative estimate of drug-likeness (QED) is 0.806. The first-order valence-corrected chi connectivity index (χ1v) is 6.22. The molecule has 0 saturated heterocycles. The van der Waals surface area contributed by atoms with Gasteiger partial charge in [-0.15, -0.1) is 0 Å². The van der Waals surface area contributed by atoms with E-state index >= 15 is 0 Å². The summed E-state index contributed by atoms with van der Waals surface area (Å²) in [7, 11) is 0. The molecule has 0 aliphatic carbocycles. The zero-order chi connectivity index (χ0) is 14.0. The number of amides is 1. The molecule has 0 radical (unpaired) electrons. The van der Waals surface area contributed by atoms with Crippen LogP contribution in [-0.2, 0) is 0 Å². The van der Waals surface area contributed by atoms with Gasteiger partial charge in [0.25, 0.3) is 5.91 Å². The Morgan fingerprint density at radius 2 is 1.68 bits per heavy atom. The Bertz CT molecular complexity index is 612. The number of rotatable bonds is 2. The average molecular weight is 254 g/mol. The molecule has 2 aromatic carbocycles. The summed E-state index contributed by atoms with van der Waals surface area (Å²) in [6.07, 6.45) is 0. The second kappa shape index (κ2) is 5.14. The van der Waals surface area contributed by atoms with Crippen LogP contribution >= 0.6 is 0 Å². The first-order valence-electron chi connectivity index (χ1n) is 6.22. The van der Waals surface area contributed by atoms with Crippen molar-refractivity contribution in [1.29, 1.82) is 0 Å². The molecular formula is C16H18N2O. The van der Waals surface area contributed by atoms with Gasteiger partial charge in [0.05, 0.1) is 0 Å². The zero-order valence-corrected chi connectivity index (χ0v) is 11.4. The highest BCUT2D eigenvalue weighted by Crippen LogP contribution is 2.21. The van der Waals surface area contributed by atoms with Gasteiger partial charge in [0.1, 0.15) is 0 Å². The van der Waals surface area contributed by atoms with Crippen LogP contribution in [0.5, 0.6) is 0 Å². The normalized spacial score (nSPS) is 10.3. The predicted molar refractivity (Wildman–Crippen MR) is 79.5 cm³/mol. The summed E-state index contributed by atoms with van der Waals surface area (Å²) in [5.41, 5.74) is 11.0. The number of hydrogen-bond donors (Lipinski definition) is 2. The third-order valence-electron chi connectivity index (χ3n) is 3.11. The van der Waals surface area contributed by atoms with Crippen molar-refractivity contribution in [3.8, 4) is 0 Å². The van der Waals surface area contributed by atoms with Gasteiger partial charge in [-0.1, -0.05) is 23.3 Å². The van der Waals surface area contributed by atoms with E-state index in [-0.39, 0.29) is 5.91 Å². The molecule has 98 valence electrons. The standard InChI is InChI=1S/C16H18N2O/c1-10-7-11(2)9-13(8-10)16(19)18-15-6-4-5-14(17)12(15)3/h4-9H,17H2,1-3H3,(H,18,19). The van der Waals surface area contributed by atoms with E-state index < -0.39 is 0 Å². The lowest BCUT2D eigenvalue weighted by atomic mass is 10.1. The monoisotopic (exact) mass is 254 g/mol. The fourth-order valence-electron chi connectivity index (χ4n) is 2.09. The van der Waals surface area contributed by atoms with Gasteiger partial charge in [-0.25, -0.2) is 0 Å². The average Bonchev–Trinajstić information content (AvgIpc) is 2.33. The molecule has 2 aromatic rings. The maximum Gasteiger partial charge on any atom is 0.255 e. The smallest absolute Gasteiger partial charge is 0.255 e. The third kappa shape index (κ3) is 2.94. The second-order valence-electron chi connectivity index (χ2n) is 4.85. The first kappa shape index (κ1) is 13.1. The number of nitrogens with one attached hydrogen (secondary N) is 1. The SMILES string of the molecule is Cc1cc(C)cc(C(=O)Nc2cccc(N)c2C)c1. The summed E-state index contributed by atoms with van der Waals surface area (Å²) in [5.74, 6) is -0.111. The number of carbonyl (C=O) groups excluding carboxylic acids is 1. The highest BCUT2D eigenvalue weighted by Gasteiger charge is 2.09. The fourth-order valence-corrected chi connectivity index (χ4v) is 2.09. The van der Waals surface area contributed by atoms with Crippen LogP contribution in [0.3, 0.4) is 0 Å². The van der Waals surface area contributed by atoms with Crippen LogP contribution in [-0.4, -0.2) is 5.91 Å². The highest BCUT2D eigenvalue weighted by molar-refractivity contribution is 6.05. The Balaban J connectivity index is 2.28. The maximum absolute atomic E-state index is 12.2. The maximum atomic E-state index is 12.2. The molecule has 0 fully saturated rings. The van der Waals surface area contributed by atoms with E-state index in [1.165, 1.54) is 0 Å². The van der Waals surface area contributed by atoms with Gasteiger partial charge < -0.3 is 11.1 Å². The lowest BCUT2D eigenvalue weighted by molar-refractivity contribution is 0.102. The van der Waals surface area contributed by atoms with Crippen LogP contribution in [0.15, 0.2) is 36.4 Å². The minimum atomic E-state index is -0.111. The van der Waals surface area contributed by atoms with Crippen LogP contribution in [0.4, 0.5) is 11.4 Å². The van der Waals surface area contributed by atoms with Crippen molar-refractivity contribution in [2.45, 2.75) is 20.8 Å². The van der Waals surface area contributed by atoms with E-state index in [9.17, 15) is 4.79 Å². The van der Waals surface area contributed by atoms with Gasteiger partial charge in [0.15, 0.2) is 0 Å². The molecule has 1 amide bonds. The molecule has 0 aromatic heterocycles. The number of anilines is 2. The highest BCUT2D eigenvalue weighted by atomic mass is 16.1. The van der Waals surface area contributed by atoms with E-state index in [0.29, 0.717) is 11.3 Å². The molecule has 0 unspecified atom stereocenters. The zero-order valence-electron chi connectivity index (χ0n) is 11.4. The van der Waals surface area contributed by atoms with Gasteiger partial charge in [-0.05, 0) is 50.6 Å². The van der Waals surface area contributed by atoms with Crippen molar-refractivity contribution in [2.75, 3.05) is 11.1 Å². The first-order chi connectivity index (χ1) is 8.97. The Hall–Kier alpha value is -2.29. The lowest BCUT2D eigenvalue weighted by Crippen LogP contribution is -2.13. The van der Waals surface area contributed by atoms with Crippen molar-refractivity contribution in [1.82, 2.24) is 0 Å². The van der Waals surface area contributed by atoms with Crippen molar-refractivity contribution < 1.29 is 4.79 Å². The molecule has 0 atom stereocenters. The van der Waals surface area contributed by atoms with E-state index in [1.54, 1.807) is 0 Å². The van der Waals surface area contributed by atoms with Crippen LogP contribution < -0.4 is 11.1 Å². The van der Waals surface area contributed by atoms with Crippen molar-refractivity contribution in [2.24, 2.45) is 0 Å². The number of benzene rings is 2. The van der Waals surface area contributed by atoms with Crippen molar-refractivity contribution >= 4 is 17.3 Å². The Labute approximate surface area is 113 Å². The molecule has 0 saturated carbocycles. The van der Waals surface area contributed by atoms with Crippen molar-refractivity contribution in [3.05, 3.63) is 58.7 Å². The number of carbonyl (C=O) groups is 1. The summed E-state index contributed by atoms with van der Waals surface area (Å²) in [4.78, 5) is 12.2. The molecule has 19 heavy (non-hydrogen) atoms. The largest absolute Gasteiger partial charge is 0.398 e. The minimum absolute atomic E-state index is 0.111. The summed E-state index contributed by atoms with van der Waals surface area (Å²) < 4.78 is 0. The van der Waals surface area contributed by atoms with Gasteiger partial charge in [0.2, 0.25) is 0 Å². The number of aryl methyl sites for hydroxylation is 2. The fraction of sp³-hybridized carbons (Fsp3) is 0.188. The molecule has 3 N–H and O–H groups in total. The number of nitrogen functional groups attached to an aromatic ring is 1. The summed E-state index contributed by atoms with van der Waals surface area (Å²) in [6, 6.07) is 11.3. The second-order valence-corrected chi connectivity index (χ2v) is 4.85. The van der Waals surface area contributed by atoms with Crippen LogP contribution in [0.2, 0.25) is 0 Å². The molecule has 3 nitrogen and oxygen atoms in total. The summed E-state index contributed by atoms with van der Waals surface area (Å²) >= 11 is 0. The Morgan fingerprint density at radius 1 is 1.05 bits per heavy atom. The molecule has 2 rings (SSSR count). The topological polar surface area (TPSA) is 55.1 Å². The van der Waals surface area contributed by atoms with Crippen LogP contribution in [0, 0.1) is 20.8 Å². The van der Waals surface area contributed by atoms with Gasteiger partial charge >= 0.3 is 0 Å². The minimum Gasteiger partial charge on any atom is -0.398 e. The molecule has 0 heterocycles. The predicted octanol–water partition coefficient (Wildman–Crippen LogP) is 3.45. The van der Waals surface area contributed by atoms with Crippen molar-refractivity contribution in [3.63, 3.8) is 0 Å². The number of nitrogens with two attached hydrogens (primary N) is 1. The molecule has 0 spiro atoms. The van der Waals surface area contributed by atoms with Gasteiger partial charge in [-0.3, -0.25) is 4.79 Å². The van der Waals surface area contributed by atoms with E-state index in [2.05, 4.69) is 5.32 Å². The molecular weight excluding hydrogens is 236 g/mol. The van der Waals surface area contributed by atoms with E-state index in [1.807, 2.05) is 57.2 Å². The summed E-state index contributed by atoms with van der Waals surface area (Å²) in [6.45, 7) is 5.86. The Kier molecular flexibility index (Phi) is 3.56. The van der Waals surface area contributed by atoms with Gasteiger partial charge in [0, 0.05) is 16.9 Å². The Morgan fingerprint density at radius 3 is 2.32 bits per heavy atom. The molecule has 0 bridgehead atoms. The number of hydrogen-bond acceptors (Lipinski definition) is 2. The van der Waals surface area contributed by atoms with E-state index in [0.717, 1.165) is 22.4 Å². The van der Waals surface area contributed by atoms with E-state index in [4.69, 9.17) is 5.73 Å². The molecule has 0 aliphatic heterocycles. The third-order valence-corrected chi connectivity index (χ3v) is 3.11. The molecule has 3 heteroatoms. The molecule has 0 aliphatic rings. The lowest BCUT2D eigenvalue weighted by Gasteiger charge is -2.11. The van der Waals surface area contributed by atoms with Crippen LogP contribution in [0.25, 0.3) is 0 Å². The van der Waals surface area contributed by atoms with Crippen LogP contribution in [0.1, 0.15) is 27.0 Å². The summed E-state index contributed by atoms with van der Waals surface area (Å²) in [5, 5.41) is 2.90.